The number of carbonyl (C=O) groups is 1. The summed E-state index contributed by atoms with van der Waals surface area (Å²) in [5, 5.41) is 5.97. The summed E-state index contributed by atoms with van der Waals surface area (Å²) in [6.45, 7) is 1.78. The van der Waals surface area contributed by atoms with Gasteiger partial charge in [-0.25, -0.2) is 8.78 Å². The van der Waals surface area contributed by atoms with Crippen LogP contribution in [0.1, 0.15) is 18.4 Å². The van der Waals surface area contributed by atoms with E-state index in [4.69, 9.17) is 4.74 Å². The lowest BCUT2D eigenvalue weighted by atomic mass is 9.91. The van der Waals surface area contributed by atoms with E-state index in [2.05, 4.69) is 10.6 Å². The standard InChI is InChI=1S/C15H20F2N2O2.ClH/c1-21-15(3-6-18-7-4-15)14(20)19-5-2-11-8-12(16)10-13(17)9-11;/h8-10,18H,2-7H2,1H3,(H,19,20);1H. The van der Waals surface area contributed by atoms with Crippen molar-refractivity contribution in [2.45, 2.75) is 24.9 Å². The molecule has 4 nitrogen and oxygen atoms in total. The Hall–Kier alpha value is -1.24. The molecule has 0 atom stereocenters. The minimum Gasteiger partial charge on any atom is -0.368 e. The van der Waals surface area contributed by atoms with Crippen molar-refractivity contribution in [3.05, 3.63) is 35.4 Å². The normalized spacial score (nSPS) is 16.7. The zero-order valence-electron chi connectivity index (χ0n) is 12.5. The summed E-state index contributed by atoms with van der Waals surface area (Å²) in [6, 6.07) is 3.37. The third kappa shape index (κ3) is 4.63. The van der Waals surface area contributed by atoms with Crippen molar-refractivity contribution in [2.75, 3.05) is 26.7 Å². The van der Waals surface area contributed by atoms with E-state index in [0.29, 0.717) is 31.4 Å². The van der Waals surface area contributed by atoms with Gasteiger partial charge in [0.25, 0.3) is 5.91 Å². The van der Waals surface area contributed by atoms with Gasteiger partial charge in [0.1, 0.15) is 17.2 Å². The maximum atomic E-state index is 13.1. The first-order valence-corrected chi connectivity index (χ1v) is 7.05. The lowest BCUT2D eigenvalue weighted by Gasteiger charge is -2.34. The fourth-order valence-electron chi connectivity index (χ4n) is 2.59. The van der Waals surface area contributed by atoms with Crippen molar-refractivity contribution < 1.29 is 18.3 Å². The quantitative estimate of drug-likeness (QED) is 0.863. The van der Waals surface area contributed by atoms with E-state index in [1.807, 2.05) is 0 Å². The van der Waals surface area contributed by atoms with Gasteiger partial charge in [-0.2, -0.15) is 0 Å². The topological polar surface area (TPSA) is 50.4 Å². The molecule has 0 aliphatic carbocycles. The molecular weight excluding hydrogens is 314 g/mol. The Labute approximate surface area is 135 Å². The van der Waals surface area contributed by atoms with Gasteiger partial charge in [-0.1, -0.05) is 0 Å². The first-order chi connectivity index (χ1) is 10.1. The van der Waals surface area contributed by atoms with Gasteiger partial charge in [-0.3, -0.25) is 4.79 Å². The van der Waals surface area contributed by atoms with Crippen LogP contribution in [0.25, 0.3) is 0 Å². The molecule has 0 bridgehead atoms. The summed E-state index contributed by atoms with van der Waals surface area (Å²) in [5.74, 6) is -1.38. The molecule has 7 heteroatoms. The van der Waals surface area contributed by atoms with Gasteiger partial charge < -0.3 is 15.4 Å². The molecule has 1 fully saturated rings. The Morgan fingerprint density at radius 1 is 1.27 bits per heavy atom. The molecule has 1 aliphatic rings. The number of ether oxygens (including phenoxy) is 1. The Kier molecular flexibility index (Phi) is 7.19. The van der Waals surface area contributed by atoms with Crippen molar-refractivity contribution in [1.29, 1.82) is 0 Å². The minimum absolute atomic E-state index is 0. The molecule has 0 saturated carbocycles. The molecule has 1 aromatic carbocycles. The molecule has 1 amide bonds. The molecule has 1 saturated heterocycles. The summed E-state index contributed by atoms with van der Waals surface area (Å²) in [5.41, 5.74) is -0.275. The van der Waals surface area contributed by atoms with E-state index in [-0.39, 0.29) is 18.3 Å². The third-order valence-corrected chi connectivity index (χ3v) is 3.84. The zero-order chi connectivity index (χ0) is 15.3. The number of nitrogens with one attached hydrogen (secondary N) is 2. The number of hydrogen-bond donors (Lipinski definition) is 2. The highest BCUT2D eigenvalue weighted by molar-refractivity contribution is 5.85. The number of piperidine rings is 1. The number of rotatable bonds is 5. The Morgan fingerprint density at radius 2 is 1.86 bits per heavy atom. The van der Waals surface area contributed by atoms with Crippen LogP contribution in [0.15, 0.2) is 18.2 Å². The molecular formula is C15H21ClF2N2O2. The van der Waals surface area contributed by atoms with Crippen LogP contribution in [0.5, 0.6) is 0 Å². The number of hydrogen-bond acceptors (Lipinski definition) is 3. The lowest BCUT2D eigenvalue weighted by Crippen LogP contribution is -2.54. The van der Waals surface area contributed by atoms with E-state index >= 15 is 0 Å². The lowest BCUT2D eigenvalue weighted by molar-refractivity contribution is -0.146. The van der Waals surface area contributed by atoms with Gasteiger partial charge in [0.15, 0.2) is 0 Å². The largest absolute Gasteiger partial charge is 0.368 e. The first kappa shape index (κ1) is 18.8. The molecule has 0 radical (unpaired) electrons. The fourth-order valence-corrected chi connectivity index (χ4v) is 2.59. The van der Waals surface area contributed by atoms with Crippen LogP contribution in [-0.4, -0.2) is 38.3 Å². The van der Waals surface area contributed by atoms with Crippen LogP contribution < -0.4 is 10.6 Å². The van der Waals surface area contributed by atoms with Gasteiger partial charge in [0.2, 0.25) is 0 Å². The van der Waals surface area contributed by atoms with E-state index in [0.717, 1.165) is 19.2 Å². The first-order valence-electron chi connectivity index (χ1n) is 7.05. The number of methoxy groups -OCH3 is 1. The maximum absolute atomic E-state index is 13.1. The zero-order valence-corrected chi connectivity index (χ0v) is 13.3. The molecule has 124 valence electrons. The highest BCUT2D eigenvalue weighted by atomic mass is 35.5. The molecule has 2 N–H and O–H groups in total. The van der Waals surface area contributed by atoms with Crippen molar-refractivity contribution in [3.8, 4) is 0 Å². The fraction of sp³-hybridized carbons (Fsp3) is 0.533. The van der Waals surface area contributed by atoms with Crippen LogP contribution in [-0.2, 0) is 16.0 Å². The monoisotopic (exact) mass is 334 g/mol. The smallest absolute Gasteiger partial charge is 0.252 e. The van der Waals surface area contributed by atoms with Crippen molar-refractivity contribution in [3.63, 3.8) is 0 Å². The minimum atomic E-state index is -0.793. The number of carbonyl (C=O) groups excluding carboxylic acids is 1. The van der Waals surface area contributed by atoms with E-state index in [1.54, 1.807) is 0 Å². The van der Waals surface area contributed by atoms with Crippen LogP contribution in [0.4, 0.5) is 8.78 Å². The SMILES string of the molecule is COC1(C(=O)NCCc2cc(F)cc(F)c2)CCNCC1.Cl. The molecule has 0 spiro atoms. The number of benzene rings is 1. The van der Waals surface area contributed by atoms with Crippen molar-refractivity contribution in [2.24, 2.45) is 0 Å². The van der Waals surface area contributed by atoms with E-state index in [1.165, 1.54) is 19.2 Å². The molecule has 22 heavy (non-hydrogen) atoms. The maximum Gasteiger partial charge on any atom is 0.252 e. The Morgan fingerprint density at radius 3 is 2.41 bits per heavy atom. The van der Waals surface area contributed by atoms with E-state index in [9.17, 15) is 13.6 Å². The van der Waals surface area contributed by atoms with Gasteiger partial charge in [0, 0.05) is 19.7 Å². The van der Waals surface area contributed by atoms with Gasteiger partial charge in [-0.15, -0.1) is 12.4 Å². The average molecular weight is 335 g/mol. The van der Waals surface area contributed by atoms with Crippen LogP contribution in [0.2, 0.25) is 0 Å². The predicted octanol–water partition coefficient (Wildman–Crippen LogP) is 1.81. The second kappa shape index (κ2) is 8.41. The van der Waals surface area contributed by atoms with Gasteiger partial charge >= 0.3 is 0 Å². The number of halogens is 3. The number of amides is 1. The molecule has 1 heterocycles. The van der Waals surface area contributed by atoms with Gasteiger partial charge in [-0.05, 0) is 50.0 Å². The summed E-state index contributed by atoms with van der Waals surface area (Å²) < 4.78 is 31.5. The summed E-state index contributed by atoms with van der Waals surface area (Å²) in [4.78, 5) is 12.3. The Balaban J connectivity index is 0.00000242. The second-order valence-corrected chi connectivity index (χ2v) is 5.23. The van der Waals surface area contributed by atoms with Crippen LogP contribution >= 0.6 is 12.4 Å². The predicted molar refractivity (Wildman–Crippen MR) is 82.2 cm³/mol. The van der Waals surface area contributed by atoms with E-state index < -0.39 is 17.2 Å². The molecule has 0 aromatic heterocycles. The van der Waals surface area contributed by atoms with Crippen LogP contribution in [0.3, 0.4) is 0 Å². The van der Waals surface area contributed by atoms with Crippen LogP contribution in [0, 0.1) is 11.6 Å². The summed E-state index contributed by atoms with van der Waals surface area (Å²) in [7, 11) is 1.53. The third-order valence-electron chi connectivity index (χ3n) is 3.84. The Bertz CT molecular complexity index is 488. The second-order valence-electron chi connectivity index (χ2n) is 5.23. The highest BCUT2D eigenvalue weighted by Gasteiger charge is 2.39. The highest BCUT2D eigenvalue weighted by Crippen LogP contribution is 2.22. The van der Waals surface area contributed by atoms with Crippen molar-refractivity contribution in [1.82, 2.24) is 10.6 Å². The molecule has 0 unspecified atom stereocenters. The summed E-state index contributed by atoms with van der Waals surface area (Å²) in [6.07, 6.45) is 1.60. The molecule has 1 aromatic rings. The van der Waals surface area contributed by atoms with Crippen molar-refractivity contribution >= 4 is 18.3 Å². The van der Waals surface area contributed by atoms with Gasteiger partial charge in [0.05, 0.1) is 0 Å². The molecule has 1 aliphatic heterocycles. The molecule has 2 rings (SSSR count). The summed E-state index contributed by atoms with van der Waals surface area (Å²) >= 11 is 0. The average Bonchev–Trinajstić information content (AvgIpc) is 2.47.